The Morgan fingerprint density at radius 3 is 2.75 bits per heavy atom. The van der Waals surface area contributed by atoms with E-state index in [-0.39, 0.29) is 5.82 Å². The Balaban J connectivity index is 1.93. The number of benzene rings is 1. The maximum atomic E-state index is 13.1. The third kappa shape index (κ3) is 4.20. The lowest BCUT2D eigenvalue weighted by molar-refractivity contribution is 0.216. The van der Waals surface area contributed by atoms with Crippen LogP contribution in [0.5, 0.6) is 5.75 Å². The van der Waals surface area contributed by atoms with Gasteiger partial charge in [0.1, 0.15) is 18.2 Å². The first-order valence-corrected chi connectivity index (χ1v) is 7.83. The average molecular weight is 279 g/mol. The van der Waals surface area contributed by atoms with Gasteiger partial charge >= 0.3 is 0 Å². The van der Waals surface area contributed by atoms with Gasteiger partial charge in [0.25, 0.3) is 0 Å². The van der Waals surface area contributed by atoms with Crippen LogP contribution in [0.25, 0.3) is 0 Å². The van der Waals surface area contributed by atoms with Crippen molar-refractivity contribution in [3.8, 4) is 5.75 Å². The first-order valence-electron chi connectivity index (χ1n) is 7.83. The second-order valence-corrected chi connectivity index (χ2v) is 5.83. The van der Waals surface area contributed by atoms with Crippen molar-refractivity contribution in [3.63, 3.8) is 0 Å². The number of nitrogens with one attached hydrogen (secondary N) is 1. The number of halogens is 1. The van der Waals surface area contributed by atoms with Gasteiger partial charge in [0.15, 0.2) is 0 Å². The van der Waals surface area contributed by atoms with Crippen LogP contribution in [0.2, 0.25) is 0 Å². The smallest absolute Gasteiger partial charge is 0.123 e. The molecule has 112 valence electrons. The second-order valence-electron chi connectivity index (χ2n) is 5.83. The summed E-state index contributed by atoms with van der Waals surface area (Å²) in [4.78, 5) is 0. The van der Waals surface area contributed by atoms with Gasteiger partial charge in [0.2, 0.25) is 0 Å². The largest absolute Gasteiger partial charge is 0.492 e. The summed E-state index contributed by atoms with van der Waals surface area (Å²) in [6.07, 6.45) is 6.41. The van der Waals surface area contributed by atoms with Crippen molar-refractivity contribution in [2.45, 2.75) is 52.0 Å². The van der Waals surface area contributed by atoms with Gasteiger partial charge < -0.3 is 10.1 Å². The summed E-state index contributed by atoms with van der Waals surface area (Å²) in [7, 11) is 0. The second kappa shape index (κ2) is 7.63. The monoisotopic (exact) mass is 279 g/mol. The molecule has 0 saturated heterocycles. The maximum absolute atomic E-state index is 13.1. The minimum atomic E-state index is -0.202. The van der Waals surface area contributed by atoms with Crippen LogP contribution >= 0.6 is 0 Å². The molecule has 2 nitrogen and oxygen atoms in total. The van der Waals surface area contributed by atoms with E-state index in [1.54, 1.807) is 6.07 Å². The standard InChI is InChI=1S/C17H26FNO/c1-3-10-19-16(14-6-4-5-7-14)12-20-17-9-8-15(18)11-13(17)2/h8-9,11,14,16,19H,3-7,10,12H2,1-2H3. The molecule has 0 heterocycles. The molecule has 0 bridgehead atoms. The van der Waals surface area contributed by atoms with Crippen molar-refractivity contribution >= 4 is 0 Å². The summed E-state index contributed by atoms with van der Waals surface area (Å²) in [5.74, 6) is 1.32. The topological polar surface area (TPSA) is 21.3 Å². The third-order valence-corrected chi connectivity index (χ3v) is 4.18. The van der Waals surface area contributed by atoms with E-state index in [2.05, 4.69) is 12.2 Å². The van der Waals surface area contributed by atoms with Gasteiger partial charge in [-0.15, -0.1) is 0 Å². The molecule has 0 spiro atoms. The van der Waals surface area contributed by atoms with Crippen LogP contribution in [0.15, 0.2) is 18.2 Å². The number of rotatable bonds is 7. The SMILES string of the molecule is CCCNC(COc1ccc(F)cc1C)C1CCCC1. The molecule has 0 aliphatic heterocycles. The summed E-state index contributed by atoms with van der Waals surface area (Å²) in [5, 5.41) is 3.61. The van der Waals surface area contributed by atoms with Gasteiger partial charge in [-0.25, -0.2) is 4.39 Å². The van der Waals surface area contributed by atoms with Crippen molar-refractivity contribution in [1.82, 2.24) is 5.32 Å². The van der Waals surface area contributed by atoms with Crippen molar-refractivity contribution in [2.24, 2.45) is 5.92 Å². The van der Waals surface area contributed by atoms with Crippen molar-refractivity contribution in [3.05, 3.63) is 29.6 Å². The van der Waals surface area contributed by atoms with E-state index in [1.807, 2.05) is 6.92 Å². The van der Waals surface area contributed by atoms with Crippen LogP contribution in [0, 0.1) is 18.7 Å². The highest BCUT2D eigenvalue weighted by Gasteiger charge is 2.25. The number of hydrogen-bond donors (Lipinski definition) is 1. The molecule has 0 amide bonds. The fourth-order valence-corrected chi connectivity index (χ4v) is 3.01. The van der Waals surface area contributed by atoms with Crippen molar-refractivity contribution in [2.75, 3.05) is 13.2 Å². The lowest BCUT2D eigenvalue weighted by atomic mass is 9.98. The molecule has 1 aromatic carbocycles. The molecular formula is C17H26FNO. The summed E-state index contributed by atoms with van der Waals surface area (Å²) in [6, 6.07) is 5.14. The minimum Gasteiger partial charge on any atom is -0.492 e. The lowest BCUT2D eigenvalue weighted by Crippen LogP contribution is -2.40. The van der Waals surface area contributed by atoms with Crippen molar-refractivity contribution < 1.29 is 9.13 Å². The van der Waals surface area contributed by atoms with Crippen LogP contribution < -0.4 is 10.1 Å². The van der Waals surface area contributed by atoms with Gasteiger partial charge in [-0.1, -0.05) is 19.8 Å². The molecule has 1 atom stereocenters. The van der Waals surface area contributed by atoms with E-state index in [9.17, 15) is 4.39 Å². The summed E-state index contributed by atoms with van der Waals surface area (Å²) in [6.45, 7) is 5.79. The zero-order valence-electron chi connectivity index (χ0n) is 12.6. The first kappa shape index (κ1) is 15.3. The van der Waals surface area contributed by atoms with Crippen LogP contribution in [-0.4, -0.2) is 19.2 Å². The summed E-state index contributed by atoms with van der Waals surface area (Å²) in [5.41, 5.74) is 0.866. The van der Waals surface area contributed by atoms with Gasteiger partial charge in [0.05, 0.1) is 0 Å². The molecule has 2 rings (SSSR count). The zero-order valence-corrected chi connectivity index (χ0v) is 12.6. The normalized spacial score (nSPS) is 17.4. The summed E-state index contributed by atoms with van der Waals surface area (Å²) < 4.78 is 19.0. The number of hydrogen-bond acceptors (Lipinski definition) is 2. The summed E-state index contributed by atoms with van der Waals surface area (Å²) >= 11 is 0. The van der Waals surface area contributed by atoms with E-state index >= 15 is 0 Å². The molecular weight excluding hydrogens is 253 g/mol. The molecule has 0 aromatic heterocycles. The molecule has 1 aliphatic rings. The molecule has 1 N–H and O–H groups in total. The lowest BCUT2D eigenvalue weighted by Gasteiger charge is -2.25. The number of aryl methyl sites for hydroxylation is 1. The van der Waals surface area contributed by atoms with Crippen molar-refractivity contribution in [1.29, 1.82) is 0 Å². The average Bonchev–Trinajstić information content (AvgIpc) is 2.95. The van der Waals surface area contributed by atoms with E-state index in [0.717, 1.165) is 30.2 Å². The van der Waals surface area contributed by atoms with Crippen LogP contribution in [0.3, 0.4) is 0 Å². The Morgan fingerprint density at radius 2 is 2.10 bits per heavy atom. The van der Waals surface area contributed by atoms with Gasteiger partial charge in [-0.2, -0.15) is 0 Å². The Bertz CT molecular complexity index is 415. The Morgan fingerprint density at radius 1 is 1.35 bits per heavy atom. The first-order chi connectivity index (χ1) is 9.70. The van der Waals surface area contributed by atoms with Gasteiger partial charge in [-0.05, 0) is 62.4 Å². The van der Waals surface area contributed by atoms with E-state index in [1.165, 1.54) is 37.8 Å². The maximum Gasteiger partial charge on any atom is 0.123 e. The van der Waals surface area contributed by atoms with E-state index in [0.29, 0.717) is 12.6 Å². The van der Waals surface area contributed by atoms with Gasteiger partial charge in [0, 0.05) is 6.04 Å². The molecule has 1 fully saturated rings. The molecule has 1 unspecified atom stereocenters. The molecule has 1 saturated carbocycles. The molecule has 0 radical (unpaired) electrons. The van der Waals surface area contributed by atoms with E-state index < -0.39 is 0 Å². The fraction of sp³-hybridized carbons (Fsp3) is 0.647. The Labute approximate surface area is 121 Å². The zero-order chi connectivity index (χ0) is 14.4. The third-order valence-electron chi connectivity index (χ3n) is 4.18. The van der Waals surface area contributed by atoms with E-state index in [4.69, 9.17) is 4.74 Å². The highest BCUT2D eigenvalue weighted by atomic mass is 19.1. The highest BCUT2D eigenvalue weighted by molar-refractivity contribution is 5.32. The molecule has 3 heteroatoms. The van der Waals surface area contributed by atoms with Crippen LogP contribution in [-0.2, 0) is 0 Å². The predicted molar refractivity (Wildman–Crippen MR) is 80.7 cm³/mol. The van der Waals surface area contributed by atoms with Crippen LogP contribution in [0.4, 0.5) is 4.39 Å². The Kier molecular flexibility index (Phi) is 5.84. The molecule has 1 aromatic rings. The minimum absolute atomic E-state index is 0.202. The molecule has 1 aliphatic carbocycles. The fourth-order valence-electron chi connectivity index (χ4n) is 3.01. The quantitative estimate of drug-likeness (QED) is 0.812. The highest BCUT2D eigenvalue weighted by Crippen LogP contribution is 2.28. The number of ether oxygens (including phenoxy) is 1. The predicted octanol–water partition coefficient (Wildman–Crippen LogP) is 4.07. The Hall–Kier alpha value is -1.09. The van der Waals surface area contributed by atoms with Crippen LogP contribution in [0.1, 0.15) is 44.6 Å². The van der Waals surface area contributed by atoms with Gasteiger partial charge in [-0.3, -0.25) is 0 Å². The molecule has 20 heavy (non-hydrogen) atoms.